The van der Waals surface area contributed by atoms with E-state index in [4.69, 9.17) is 0 Å². The van der Waals surface area contributed by atoms with Gasteiger partial charge in [-0.2, -0.15) is 0 Å². The third-order valence-corrected chi connectivity index (χ3v) is 4.54. The van der Waals surface area contributed by atoms with Crippen molar-refractivity contribution < 1.29 is 13.3 Å². The summed E-state index contributed by atoms with van der Waals surface area (Å²) in [5, 5.41) is 10.2. The summed E-state index contributed by atoms with van der Waals surface area (Å²) >= 11 is 0. The smallest absolute Gasteiger partial charge is 0.258 e. The first-order chi connectivity index (χ1) is 7.80. The van der Waals surface area contributed by atoms with Gasteiger partial charge >= 0.3 is 0 Å². The molecule has 0 bridgehead atoms. The highest BCUT2D eigenvalue weighted by Gasteiger charge is 2.28. The maximum Gasteiger partial charge on any atom is 0.288 e. The van der Waals surface area contributed by atoms with Crippen LogP contribution < -0.4 is 0 Å². The molecule has 0 aliphatic carbocycles. The lowest BCUT2D eigenvalue weighted by atomic mass is 10.2. The van der Waals surface area contributed by atoms with Crippen LogP contribution in [0, 0.1) is 10.1 Å². The largest absolute Gasteiger partial charge is 0.288 e. The zero-order valence-corrected chi connectivity index (χ0v) is 10.4. The van der Waals surface area contributed by atoms with Gasteiger partial charge in [-0.1, -0.05) is 18.7 Å². The van der Waals surface area contributed by atoms with Crippen LogP contribution in [0.3, 0.4) is 0 Å². The first-order valence-electron chi connectivity index (χ1n) is 4.95. The molecule has 0 spiro atoms. The van der Waals surface area contributed by atoms with Crippen molar-refractivity contribution in [2.45, 2.75) is 24.0 Å². The minimum Gasteiger partial charge on any atom is -0.258 e. The standard InChI is InChI=1S/C11H13NO4S/c1-4-9-5-6-11(10(7-9)12(13)14)17(15,16)8(2)3/h4-8H,1H2,2-3H3. The van der Waals surface area contributed by atoms with E-state index in [1.165, 1.54) is 38.1 Å². The lowest BCUT2D eigenvalue weighted by molar-refractivity contribution is -0.387. The highest BCUT2D eigenvalue weighted by atomic mass is 32.2. The monoisotopic (exact) mass is 255 g/mol. The molecule has 0 radical (unpaired) electrons. The Morgan fingerprint density at radius 2 is 2.00 bits per heavy atom. The quantitative estimate of drug-likeness (QED) is 0.611. The zero-order valence-electron chi connectivity index (χ0n) is 9.58. The molecule has 17 heavy (non-hydrogen) atoms. The first-order valence-corrected chi connectivity index (χ1v) is 6.50. The molecule has 1 rings (SSSR count). The van der Waals surface area contributed by atoms with Gasteiger partial charge in [0.05, 0.1) is 10.2 Å². The van der Waals surface area contributed by atoms with Gasteiger partial charge in [0, 0.05) is 6.07 Å². The molecule has 0 atom stereocenters. The number of nitrogens with zero attached hydrogens (tertiary/aromatic N) is 1. The SMILES string of the molecule is C=Cc1ccc(S(=O)(=O)C(C)C)c([N+](=O)[O-])c1. The third kappa shape index (κ3) is 2.52. The molecule has 0 aromatic heterocycles. The van der Waals surface area contributed by atoms with Gasteiger partial charge < -0.3 is 0 Å². The average molecular weight is 255 g/mol. The number of nitro benzene ring substituents is 1. The van der Waals surface area contributed by atoms with Crippen molar-refractivity contribution in [2.75, 3.05) is 0 Å². The Balaban J connectivity index is 3.55. The highest BCUT2D eigenvalue weighted by Crippen LogP contribution is 2.28. The second kappa shape index (κ2) is 4.67. The fraction of sp³-hybridized carbons (Fsp3) is 0.273. The number of benzene rings is 1. The van der Waals surface area contributed by atoms with Crippen LogP contribution in [0.15, 0.2) is 29.7 Å². The van der Waals surface area contributed by atoms with Crippen molar-refractivity contribution in [1.82, 2.24) is 0 Å². The molecular formula is C11H13NO4S. The van der Waals surface area contributed by atoms with Crippen molar-refractivity contribution in [2.24, 2.45) is 0 Å². The molecule has 1 aromatic rings. The van der Waals surface area contributed by atoms with E-state index in [0.717, 1.165) is 0 Å². The maximum absolute atomic E-state index is 11.9. The van der Waals surface area contributed by atoms with E-state index in [1.807, 2.05) is 0 Å². The molecule has 0 unspecified atom stereocenters. The molecule has 6 heteroatoms. The van der Waals surface area contributed by atoms with Gasteiger partial charge in [0.1, 0.15) is 4.90 Å². The van der Waals surface area contributed by atoms with Crippen molar-refractivity contribution in [1.29, 1.82) is 0 Å². The van der Waals surface area contributed by atoms with E-state index < -0.39 is 25.7 Å². The molecule has 0 N–H and O–H groups in total. The summed E-state index contributed by atoms with van der Waals surface area (Å²) in [5.74, 6) is 0. The van der Waals surface area contributed by atoms with E-state index in [1.54, 1.807) is 0 Å². The van der Waals surface area contributed by atoms with Gasteiger partial charge in [-0.15, -0.1) is 0 Å². The molecule has 1 aromatic carbocycles. The maximum atomic E-state index is 11.9. The fourth-order valence-electron chi connectivity index (χ4n) is 1.30. The summed E-state index contributed by atoms with van der Waals surface area (Å²) in [6.07, 6.45) is 1.43. The molecule has 0 aliphatic heterocycles. The normalized spacial score (nSPS) is 11.5. The number of hydrogen-bond acceptors (Lipinski definition) is 4. The summed E-state index contributed by atoms with van der Waals surface area (Å²) in [6.45, 7) is 6.46. The number of nitro groups is 1. The summed E-state index contributed by atoms with van der Waals surface area (Å²) in [4.78, 5) is 9.93. The Bertz CT molecular complexity index is 561. The van der Waals surface area contributed by atoms with Crippen LogP contribution in [0.5, 0.6) is 0 Å². The number of hydrogen-bond donors (Lipinski definition) is 0. The van der Waals surface area contributed by atoms with Crippen molar-refractivity contribution in [3.05, 3.63) is 40.5 Å². The van der Waals surface area contributed by atoms with Gasteiger partial charge in [-0.05, 0) is 25.5 Å². The van der Waals surface area contributed by atoms with Crippen molar-refractivity contribution in [3.63, 3.8) is 0 Å². The van der Waals surface area contributed by atoms with Crippen LogP contribution in [0.2, 0.25) is 0 Å². The highest BCUT2D eigenvalue weighted by molar-refractivity contribution is 7.92. The number of rotatable bonds is 4. The topological polar surface area (TPSA) is 77.3 Å². The van der Waals surface area contributed by atoms with Gasteiger partial charge in [-0.25, -0.2) is 8.42 Å². The minimum absolute atomic E-state index is 0.247. The van der Waals surface area contributed by atoms with Gasteiger partial charge in [-0.3, -0.25) is 10.1 Å². The third-order valence-electron chi connectivity index (χ3n) is 2.34. The molecule has 92 valence electrons. The summed E-state index contributed by atoms with van der Waals surface area (Å²) < 4.78 is 23.9. The molecule has 5 nitrogen and oxygen atoms in total. The van der Waals surface area contributed by atoms with Crippen molar-refractivity contribution in [3.8, 4) is 0 Å². The van der Waals surface area contributed by atoms with E-state index in [9.17, 15) is 18.5 Å². The van der Waals surface area contributed by atoms with Crippen LogP contribution >= 0.6 is 0 Å². The summed E-state index contributed by atoms with van der Waals surface area (Å²) in [6, 6.07) is 3.96. The van der Waals surface area contributed by atoms with Crippen LogP contribution in [-0.2, 0) is 9.84 Å². The van der Waals surface area contributed by atoms with Crippen LogP contribution in [0.1, 0.15) is 19.4 Å². The molecule has 0 aliphatic rings. The Kier molecular flexibility index (Phi) is 3.67. The second-order valence-electron chi connectivity index (χ2n) is 3.78. The van der Waals surface area contributed by atoms with Gasteiger partial charge in [0.25, 0.3) is 5.69 Å². The first kappa shape index (κ1) is 13.4. The molecule has 0 saturated carbocycles. The van der Waals surface area contributed by atoms with Gasteiger partial charge in [0.2, 0.25) is 0 Å². The van der Waals surface area contributed by atoms with E-state index in [-0.39, 0.29) is 4.90 Å². The van der Waals surface area contributed by atoms with Gasteiger partial charge in [0.15, 0.2) is 9.84 Å². The minimum atomic E-state index is -3.65. The molecular weight excluding hydrogens is 242 g/mol. The summed E-state index contributed by atoms with van der Waals surface area (Å²) in [5.41, 5.74) is 0.107. The Labute approximate surface area is 99.8 Å². The molecule has 0 heterocycles. The van der Waals surface area contributed by atoms with Crippen LogP contribution in [-0.4, -0.2) is 18.6 Å². The van der Waals surface area contributed by atoms with Crippen molar-refractivity contribution >= 4 is 21.6 Å². The summed E-state index contributed by atoms with van der Waals surface area (Å²) in [7, 11) is -3.65. The van der Waals surface area contributed by atoms with E-state index in [0.29, 0.717) is 5.56 Å². The molecule has 0 saturated heterocycles. The molecule has 0 fully saturated rings. The average Bonchev–Trinajstić information content (AvgIpc) is 2.27. The fourth-order valence-corrected chi connectivity index (χ4v) is 2.49. The molecule has 0 amide bonds. The Hall–Kier alpha value is -1.69. The Morgan fingerprint density at radius 1 is 1.41 bits per heavy atom. The number of sulfone groups is 1. The van der Waals surface area contributed by atoms with E-state index in [2.05, 4.69) is 6.58 Å². The lowest BCUT2D eigenvalue weighted by Crippen LogP contribution is -2.15. The second-order valence-corrected chi connectivity index (χ2v) is 6.25. The van der Waals surface area contributed by atoms with Crippen LogP contribution in [0.25, 0.3) is 6.08 Å². The van der Waals surface area contributed by atoms with Crippen LogP contribution in [0.4, 0.5) is 5.69 Å². The van der Waals surface area contributed by atoms with E-state index >= 15 is 0 Å². The zero-order chi connectivity index (χ0) is 13.2. The predicted octanol–water partition coefficient (Wildman–Crippen LogP) is 2.42. The lowest BCUT2D eigenvalue weighted by Gasteiger charge is -2.08. The predicted molar refractivity (Wildman–Crippen MR) is 65.5 cm³/mol. The Morgan fingerprint density at radius 3 is 2.41 bits per heavy atom.